The highest BCUT2D eigenvalue weighted by atomic mass is 16.3. The number of β-amino-alcohol motifs (C(OH)–C–C–N with tert-alkyl or cyclic N) is 1. The molecule has 1 aliphatic heterocycles. The van der Waals surface area contributed by atoms with Gasteiger partial charge in [-0.05, 0) is 30.0 Å². The Morgan fingerprint density at radius 3 is 2.40 bits per heavy atom. The van der Waals surface area contributed by atoms with Gasteiger partial charge < -0.3 is 5.11 Å². The molecule has 1 aliphatic rings. The SMILES string of the molecule is Cc1cc(C(C)C)ncc1CN1CCN(CCO)CC1. The van der Waals surface area contributed by atoms with Gasteiger partial charge in [0.15, 0.2) is 0 Å². The quantitative estimate of drug-likeness (QED) is 0.888. The molecule has 0 aromatic carbocycles. The van der Waals surface area contributed by atoms with E-state index in [1.165, 1.54) is 16.8 Å². The molecule has 0 aliphatic carbocycles. The zero-order valence-electron chi connectivity index (χ0n) is 13.0. The van der Waals surface area contributed by atoms with Crippen molar-refractivity contribution < 1.29 is 5.11 Å². The van der Waals surface area contributed by atoms with Gasteiger partial charge >= 0.3 is 0 Å². The predicted molar refractivity (Wildman–Crippen MR) is 81.9 cm³/mol. The molecule has 0 spiro atoms. The molecule has 1 saturated heterocycles. The van der Waals surface area contributed by atoms with E-state index in [2.05, 4.69) is 41.6 Å². The summed E-state index contributed by atoms with van der Waals surface area (Å²) in [5, 5.41) is 8.96. The Kier molecular flexibility index (Phi) is 5.52. The summed E-state index contributed by atoms with van der Waals surface area (Å²) in [4.78, 5) is 9.38. The second kappa shape index (κ2) is 7.16. The molecule has 4 heteroatoms. The van der Waals surface area contributed by atoms with Crippen molar-refractivity contribution in [1.82, 2.24) is 14.8 Å². The maximum Gasteiger partial charge on any atom is 0.0558 e. The van der Waals surface area contributed by atoms with Crippen LogP contribution in [-0.2, 0) is 6.54 Å². The molecule has 2 rings (SSSR count). The van der Waals surface area contributed by atoms with Crippen LogP contribution in [0.15, 0.2) is 12.3 Å². The fourth-order valence-corrected chi connectivity index (χ4v) is 2.64. The number of hydrogen-bond donors (Lipinski definition) is 1. The second-order valence-electron chi connectivity index (χ2n) is 6.03. The maximum absolute atomic E-state index is 8.96. The van der Waals surface area contributed by atoms with E-state index in [0.29, 0.717) is 5.92 Å². The lowest BCUT2D eigenvalue weighted by atomic mass is 10.0. The van der Waals surface area contributed by atoms with E-state index >= 15 is 0 Å². The second-order valence-corrected chi connectivity index (χ2v) is 6.03. The molecular formula is C16H27N3O. The van der Waals surface area contributed by atoms with Gasteiger partial charge in [-0.2, -0.15) is 0 Å². The molecule has 0 bridgehead atoms. The van der Waals surface area contributed by atoms with Crippen LogP contribution >= 0.6 is 0 Å². The van der Waals surface area contributed by atoms with E-state index in [1.807, 2.05) is 6.20 Å². The number of piperazine rings is 1. The first-order chi connectivity index (χ1) is 9.60. The predicted octanol–water partition coefficient (Wildman–Crippen LogP) is 1.62. The Morgan fingerprint density at radius 1 is 1.20 bits per heavy atom. The monoisotopic (exact) mass is 277 g/mol. The molecule has 0 saturated carbocycles. The Morgan fingerprint density at radius 2 is 1.85 bits per heavy atom. The third-order valence-electron chi connectivity index (χ3n) is 4.11. The van der Waals surface area contributed by atoms with Crippen LogP contribution in [0.2, 0.25) is 0 Å². The van der Waals surface area contributed by atoms with Crippen molar-refractivity contribution in [2.45, 2.75) is 33.2 Å². The molecule has 1 aromatic rings. The van der Waals surface area contributed by atoms with Crippen molar-refractivity contribution in [1.29, 1.82) is 0 Å². The molecule has 112 valence electrons. The summed E-state index contributed by atoms with van der Waals surface area (Å²) in [5.74, 6) is 0.491. The Hall–Kier alpha value is -0.970. The van der Waals surface area contributed by atoms with E-state index < -0.39 is 0 Å². The average Bonchev–Trinajstić information content (AvgIpc) is 2.43. The number of aromatic nitrogens is 1. The van der Waals surface area contributed by atoms with E-state index in [-0.39, 0.29) is 6.61 Å². The summed E-state index contributed by atoms with van der Waals surface area (Å²) in [6.45, 7) is 12.9. The van der Waals surface area contributed by atoms with Crippen LogP contribution in [0.4, 0.5) is 0 Å². The lowest BCUT2D eigenvalue weighted by Crippen LogP contribution is -2.46. The molecule has 1 fully saturated rings. The zero-order valence-corrected chi connectivity index (χ0v) is 13.0. The molecule has 0 radical (unpaired) electrons. The molecule has 0 unspecified atom stereocenters. The first-order valence-electron chi connectivity index (χ1n) is 7.61. The summed E-state index contributed by atoms with van der Waals surface area (Å²) >= 11 is 0. The van der Waals surface area contributed by atoms with Crippen molar-refractivity contribution in [2.24, 2.45) is 0 Å². The topological polar surface area (TPSA) is 39.6 Å². The number of aliphatic hydroxyl groups excluding tert-OH is 1. The Balaban J connectivity index is 1.91. The third kappa shape index (κ3) is 4.01. The normalized spacial score (nSPS) is 17.9. The number of nitrogens with zero attached hydrogens (tertiary/aromatic N) is 3. The van der Waals surface area contributed by atoms with Crippen LogP contribution < -0.4 is 0 Å². The minimum Gasteiger partial charge on any atom is -0.395 e. The summed E-state index contributed by atoms with van der Waals surface area (Å²) in [6.07, 6.45) is 2.05. The van der Waals surface area contributed by atoms with Gasteiger partial charge in [0, 0.05) is 51.2 Å². The van der Waals surface area contributed by atoms with Gasteiger partial charge in [-0.15, -0.1) is 0 Å². The first-order valence-corrected chi connectivity index (χ1v) is 7.61. The van der Waals surface area contributed by atoms with Gasteiger partial charge in [-0.1, -0.05) is 13.8 Å². The van der Waals surface area contributed by atoms with Crippen LogP contribution in [0.25, 0.3) is 0 Å². The summed E-state index contributed by atoms with van der Waals surface area (Å²) in [6, 6.07) is 2.22. The Bertz CT molecular complexity index is 426. The summed E-state index contributed by atoms with van der Waals surface area (Å²) < 4.78 is 0. The lowest BCUT2D eigenvalue weighted by molar-refractivity contribution is 0.108. The van der Waals surface area contributed by atoms with E-state index in [1.54, 1.807) is 0 Å². The van der Waals surface area contributed by atoms with Crippen molar-refractivity contribution >= 4 is 0 Å². The Labute approximate surface area is 122 Å². The van der Waals surface area contributed by atoms with Gasteiger partial charge in [-0.3, -0.25) is 14.8 Å². The first kappa shape index (κ1) is 15.4. The van der Waals surface area contributed by atoms with Crippen molar-refractivity contribution in [3.05, 3.63) is 29.1 Å². The largest absolute Gasteiger partial charge is 0.395 e. The highest BCUT2D eigenvalue weighted by Gasteiger charge is 2.17. The fourth-order valence-electron chi connectivity index (χ4n) is 2.64. The molecule has 1 N–H and O–H groups in total. The summed E-state index contributed by atoms with van der Waals surface area (Å²) in [5.41, 5.74) is 3.87. The molecule has 0 amide bonds. The third-order valence-corrected chi connectivity index (χ3v) is 4.11. The minimum atomic E-state index is 0.264. The van der Waals surface area contributed by atoms with Crippen molar-refractivity contribution in [3.8, 4) is 0 Å². The molecule has 4 nitrogen and oxygen atoms in total. The standard InChI is InChI=1S/C16H27N3O/c1-13(2)16-10-14(3)15(11-17-16)12-19-6-4-18(5-7-19)8-9-20/h10-11,13,20H,4-9,12H2,1-3H3. The van der Waals surface area contributed by atoms with Gasteiger partial charge in [-0.25, -0.2) is 0 Å². The molecule has 0 atom stereocenters. The van der Waals surface area contributed by atoms with Crippen molar-refractivity contribution in [2.75, 3.05) is 39.3 Å². The average molecular weight is 277 g/mol. The molecular weight excluding hydrogens is 250 g/mol. The van der Waals surface area contributed by atoms with Crippen LogP contribution in [-0.4, -0.2) is 59.2 Å². The molecule has 20 heavy (non-hydrogen) atoms. The van der Waals surface area contributed by atoms with Crippen LogP contribution in [0, 0.1) is 6.92 Å². The van der Waals surface area contributed by atoms with Crippen LogP contribution in [0.5, 0.6) is 0 Å². The van der Waals surface area contributed by atoms with E-state index in [9.17, 15) is 0 Å². The van der Waals surface area contributed by atoms with E-state index in [4.69, 9.17) is 5.11 Å². The van der Waals surface area contributed by atoms with Crippen LogP contribution in [0.1, 0.15) is 36.6 Å². The van der Waals surface area contributed by atoms with Gasteiger partial charge in [0.2, 0.25) is 0 Å². The van der Waals surface area contributed by atoms with Gasteiger partial charge in [0.25, 0.3) is 0 Å². The van der Waals surface area contributed by atoms with Gasteiger partial charge in [0.05, 0.1) is 6.61 Å². The van der Waals surface area contributed by atoms with Crippen LogP contribution in [0.3, 0.4) is 0 Å². The number of hydrogen-bond acceptors (Lipinski definition) is 4. The number of aryl methyl sites for hydroxylation is 1. The number of pyridine rings is 1. The molecule has 1 aromatic heterocycles. The van der Waals surface area contributed by atoms with Gasteiger partial charge in [0.1, 0.15) is 0 Å². The zero-order chi connectivity index (χ0) is 14.5. The minimum absolute atomic E-state index is 0.264. The highest BCUT2D eigenvalue weighted by molar-refractivity contribution is 5.26. The summed E-state index contributed by atoms with van der Waals surface area (Å²) in [7, 11) is 0. The van der Waals surface area contributed by atoms with Crippen molar-refractivity contribution in [3.63, 3.8) is 0 Å². The number of rotatable bonds is 5. The maximum atomic E-state index is 8.96. The lowest BCUT2D eigenvalue weighted by Gasteiger charge is -2.34. The smallest absolute Gasteiger partial charge is 0.0558 e. The highest BCUT2D eigenvalue weighted by Crippen LogP contribution is 2.17. The molecule has 2 heterocycles. The fraction of sp³-hybridized carbons (Fsp3) is 0.688. The van der Waals surface area contributed by atoms with E-state index in [0.717, 1.165) is 39.3 Å². The number of aliphatic hydroxyl groups is 1.